The first kappa shape index (κ1) is 12.5. The third-order valence-corrected chi connectivity index (χ3v) is 3.12. The Hall–Kier alpha value is -0.970. The zero-order valence-electron chi connectivity index (χ0n) is 9.54. The number of aryl methyl sites for hydroxylation is 1. The molecule has 0 amide bonds. The van der Waals surface area contributed by atoms with Crippen molar-refractivity contribution in [2.75, 3.05) is 18.0 Å². The van der Waals surface area contributed by atoms with Crippen LogP contribution in [0.5, 0.6) is 0 Å². The van der Waals surface area contributed by atoms with Crippen LogP contribution in [0, 0.1) is 12.8 Å². The predicted octanol–water partition coefficient (Wildman–Crippen LogP) is 2.92. The molecule has 3 nitrogen and oxygen atoms in total. The molecule has 1 unspecified atom stereocenters. The second-order valence-corrected chi connectivity index (χ2v) is 4.67. The Labute approximate surface area is 104 Å². The van der Waals surface area contributed by atoms with E-state index >= 15 is 0 Å². The molecule has 1 fully saturated rings. The van der Waals surface area contributed by atoms with E-state index < -0.39 is 12.3 Å². The van der Waals surface area contributed by atoms with Gasteiger partial charge in [-0.2, -0.15) is 0 Å². The zero-order valence-corrected chi connectivity index (χ0v) is 10.3. The minimum absolute atomic E-state index is 0.338. The maximum atomic E-state index is 12.7. The number of rotatable bonds is 2. The van der Waals surface area contributed by atoms with Gasteiger partial charge in [-0.15, -0.1) is 0 Å². The number of hydrogen-bond donors (Lipinski definition) is 0. The molecule has 94 valence electrons. The molecule has 0 radical (unpaired) electrons. The average molecular weight is 262 g/mol. The number of hydrogen-bond acceptors (Lipinski definition) is 3. The lowest BCUT2D eigenvalue weighted by molar-refractivity contribution is 0.0685. The molecule has 0 aromatic carbocycles. The van der Waals surface area contributed by atoms with Crippen molar-refractivity contribution in [3.63, 3.8) is 0 Å². The largest absolute Gasteiger partial charge is 0.356 e. The van der Waals surface area contributed by atoms with Crippen molar-refractivity contribution in [2.24, 2.45) is 5.92 Å². The van der Waals surface area contributed by atoms with Gasteiger partial charge in [-0.3, -0.25) is 0 Å². The van der Waals surface area contributed by atoms with E-state index in [2.05, 4.69) is 9.97 Å². The third-order valence-electron chi connectivity index (χ3n) is 2.93. The Balaban J connectivity index is 2.16. The van der Waals surface area contributed by atoms with E-state index in [0.29, 0.717) is 29.8 Å². The molecule has 1 aliphatic heterocycles. The van der Waals surface area contributed by atoms with Crippen molar-refractivity contribution in [1.82, 2.24) is 9.97 Å². The smallest absolute Gasteiger partial charge is 0.243 e. The van der Waals surface area contributed by atoms with E-state index in [4.69, 9.17) is 11.6 Å². The maximum Gasteiger partial charge on any atom is 0.243 e. The van der Waals surface area contributed by atoms with Gasteiger partial charge in [0.25, 0.3) is 0 Å². The fraction of sp³-hybridized carbons (Fsp3) is 0.636. The summed E-state index contributed by atoms with van der Waals surface area (Å²) in [6, 6.07) is 1.63. The third kappa shape index (κ3) is 3.03. The summed E-state index contributed by atoms with van der Waals surface area (Å²) < 4.78 is 25.4. The standard InChI is InChI=1S/C11H14ClF2N3/c1-7-15-9(12)5-10(16-7)17-4-2-3-8(6-17)11(13)14/h5,8,11H,2-4,6H2,1H3. The summed E-state index contributed by atoms with van der Waals surface area (Å²) >= 11 is 5.84. The lowest BCUT2D eigenvalue weighted by Crippen LogP contribution is -2.38. The fourth-order valence-corrected chi connectivity index (χ4v) is 2.32. The molecule has 2 rings (SSSR count). The summed E-state index contributed by atoms with van der Waals surface area (Å²) in [7, 11) is 0. The van der Waals surface area contributed by atoms with E-state index in [1.165, 1.54) is 0 Å². The van der Waals surface area contributed by atoms with Gasteiger partial charge in [0.1, 0.15) is 16.8 Å². The van der Waals surface area contributed by atoms with Crippen LogP contribution >= 0.6 is 11.6 Å². The first-order chi connectivity index (χ1) is 8.06. The van der Waals surface area contributed by atoms with Crippen LogP contribution in [0.1, 0.15) is 18.7 Å². The van der Waals surface area contributed by atoms with Crippen LogP contribution < -0.4 is 4.90 Å². The van der Waals surface area contributed by atoms with E-state index in [9.17, 15) is 8.78 Å². The molecule has 1 aliphatic rings. The minimum atomic E-state index is -2.27. The molecule has 1 aromatic rings. The zero-order chi connectivity index (χ0) is 12.4. The minimum Gasteiger partial charge on any atom is -0.356 e. The molecular formula is C11H14ClF2N3. The predicted molar refractivity (Wildman–Crippen MR) is 62.7 cm³/mol. The molecule has 0 aliphatic carbocycles. The van der Waals surface area contributed by atoms with Crippen molar-refractivity contribution in [3.05, 3.63) is 17.0 Å². The average Bonchev–Trinajstić information content (AvgIpc) is 2.28. The van der Waals surface area contributed by atoms with Gasteiger partial charge in [-0.25, -0.2) is 18.7 Å². The molecule has 6 heteroatoms. The van der Waals surface area contributed by atoms with Gasteiger partial charge < -0.3 is 4.90 Å². The molecule has 17 heavy (non-hydrogen) atoms. The molecule has 1 aromatic heterocycles. The highest BCUT2D eigenvalue weighted by atomic mass is 35.5. The monoisotopic (exact) mass is 261 g/mol. The van der Waals surface area contributed by atoms with Crippen molar-refractivity contribution in [1.29, 1.82) is 0 Å². The second-order valence-electron chi connectivity index (χ2n) is 4.28. The molecule has 1 saturated heterocycles. The first-order valence-corrected chi connectivity index (χ1v) is 5.98. The molecule has 1 atom stereocenters. The lowest BCUT2D eigenvalue weighted by Gasteiger charge is -2.33. The summed E-state index contributed by atoms with van der Waals surface area (Å²) in [4.78, 5) is 10.1. The molecule has 2 heterocycles. The van der Waals surface area contributed by atoms with E-state index in [1.807, 2.05) is 4.90 Å². The van der Waals surface area contributed by atoms with Crippen LogP contribution in [0.4, 0.5) is 14.6 Å². The van der Waals surface area contributed by atoms with Gasteiger partial charge >= 0.3 is 0 Å². The van der Waals surface area contributed by atoms with Crippen LogP contribution in [0.15, 0.2) is 6.07 Å². The van der Waals surface area contributed by atoms with Crippen molar-refractivity contribution in [2.45, 2.75) is 26.2 Å². The SMILES string of the molecule is Cc1nc(Cl)cc(N2CCCC(C(F)F)C2)n1. The molecule has 0 bridgehead atoms. The molecule has 0 N–H and O–H groups in total. The van der Waals surface area contributed by atoms with Crippen molar-refractivity contribution < 1.29 is 8.78 Å². The summed E-state index contributed by atoms with van der Waals surface area (Å²) in [5.74, 6) is 0.636. The lowest BCUT2D eigenvalue weighted by atomic mass is 9.99. The normalized spacial score (nSPS) is 21.0. The number of alkyl halides is 2. The first-order valence-electron chi connectivity index (χ1n) is 5.60. The number of nitrogens with zero attached hydrogens (tertiary/aromatic N) is 3. The summed E-state index contributed by atoms with van der Waals surface area (Å²) in [6.07, 6.45) is -0.932. The Morgan fingerprint density at radius 1 is 1.47 bits per heavy atom. The van der Waals surface area contributed by atoms with Crippen LogP contribution in [0.2, 0.25) is 5.15 Å². The van der Waals surface area contributed by atoms with Gasteiger partial charge in [0.15, 0.2) is 0 Å². The summed E-state index contributed by atoms with van der Waals surface area (Å²) in [5.41, 5.74) is 0. The molecule has 0 saturated carbocycles. The Morgan fingerprint density at radius 2 is 2.24 bits per heavy atom. The van der Waals surface area contributed by atoms with Gasteiger partial charge in [-0.05, 0) is 19.8 Å². The fourth-order valence-electron chi connectivity index (χ4n) is 2.10. The van der Waals surface area contributed by atoms with Gasteiger partial charge in [0.2, 0.25) is 6.43 Å². The van der Waals surface area contributed by atoms with Crippen LogP contribution in [-0.2, 0) is 0 Å². The number of halogens is 3. The topological polar surface area (TPSA) is 29.0 Å². The number of anilines is 1. The summed E-state index contributed by atoms with van der Waals surface area (Å²) in [5, 5.41) is 0.353. The van der Waals surface area contributed by atoms with E-state index in [-0.39, 0.29) is 0 Å². The second kappa shape index (κ2) is 5.12. The van der Waals surface area contributed by atoms with Crippen molar-refractivity contribution in [3.8, 4) is 0 Å². The van der Waals surface area contributed by atoms with Gasteiger partial charge in [0.05, 0.1) is 0 Å². The molecule has 0 spiro atoms. The Bertz CT molecular complexity index is 380. The van der Waals surface area contributed by atoms with Gasteiger partial charge in [-0.1, -0.05) is 11.6 Å². The Kier molecular flexibility index (Phi) is 3.76. The van der Waals surface area contributed by atoms with Crippen molar-refractivity contribution >= 4 is 17.4 Å². The highest BCUT2D eigenvalue weighted by molar-refractivity contribution is 6.29. The van der Waals surface area contributed by atoms with Crippen LogP contribution in [0.25, 0.3) is 0 Å². The van der Waals surface area contributed by atoms with E-state index in [0.717, 1.165) is 13.0 Å². The quantitative estimate of drug-likeness (QED) is 0.767. The highest BCUT2D eigenvalue weighted by Gasteiger charge is 2.27. The number of aromatic nitrogens is 2. The van der Waals surface area contributed by atoms with Gasteiger partial charge in [0, 0.05) is 25.1 Å². The summed E-state index contributed by atoms with van der Waals surface area (Å²) in [6.45, 7) is 2.82. The van der Waals surface area contributed by atoms with Crippen LogP contribution in [0.3, 0.4) is 0 Å². The Morgan fingerprint density at radius 3 is 2.88 bits per heavy atom. The van der Waals surface area contributed by atoms with Crippen LogP contribution in [-0.4, -0.2) is 29.5 Å². The number of piperidine rings is 1. The highest BCUT2D eigenvalue weighted by Crippen LogP contribution is 2.26. The maximum absolute atomic E-state index is 12.7. The molecular weight excluding hydrogens is 248 g/mol. The van der Waals surface area contributed by atoms with E-state index in [1.54, 1.807) is 13.0 Å².